The van der Waals surface area contributed by atoms with Crippen molar-refractivity contribution in [2.75, 3.05) is 7.11 Å². The zero-order valence-electron chi connectivity index (χ0n) is 13.7. The Balaban J connectivity index is 1.82. The molecule has 0 unspecified atom stereocenters. The van der Waals surface area contributed by atoms with Gasteiger partial charge in [-0.25, -0.2) is 14.6 Å². The number of ether oxygens (including phenoxy) is 1. The minimum atomic E-state index is -0.569. The normalized spacial score (nSPS) is 10.3. The van der Waals surface area contributed by atoms with Crippen molar-refractivity contribution in [3.8, 4) is 11.6 Å². The predicted molar refractivity (Wildman–Crippen MR) is 90.0 cm³/mol. The van der Waals surface area contributed by atoms with Crippen molar-refractivity contribution in [1.82, 2.24) is 25.1 Å². The molecule has 0 saturated heterocycles. The predicted octanol–water partition coefficient (Wildman–Crippen LogP) is 1.51. The fourth-order valence-electron chi connectivity index (χ4n) is 2.35. The smallest absolute Gasteiger partial charge is 0.270 e. The van der Waals surface area contributed by atoms with Crippen molar-refractivity contribution in [3.05, 3.63) is 70.4 Å². The van der Waals surface area contributed by atoms with Crippen molar-refractivity contribution >= 4 is 11.6 Å². The summed E-state index contributed by atoms with van der Waals surface area (Å²) in [5, 5.41) is 17.7. The Morgan fingerprint density at radius 2 is 2.23 bits per heavy atom. The molecule has 1 amide bonds. The summed E-state index contributed by atoms with van der Waals surface area (Å²) in [5.74, 6) is 0.269. The molecule has 3 aromatic rings. The van der Waals surface area contributed by atoms with Gasteiger partial charge in [-0.05, 0) is 12.1 Å². The molecule has 132 valence electrons. The molecule has 2 heterocycles. The highest BCUT2D eigenvalue weighted by atomic mass is 16.6. The summed E-state index contributed by atoms with van der Waals surface area (Å²) in [6.45, 7) is 0.147. The second kappa shape index (κ2) is 7.38. The fraction of sp³-hybridized carbons (Fsp3) is 0.125. The van der Waals surface area contributed by atoms with Crippen LogP contribution in [0.4, 0.5) is 5.69 Å². The van der Waals surface area contributed by atoms with E-state index in [1.54, 1.807) is 18.3 Å². The number of nitrogens with one attached hydrogen (secondary N) is 1. The molecule has 10 nitrogen and oxygen atoms in total. The number of rotatable bonds is 6. The van der Waals surface area contributed by atoms with Crippen LogP contribution in [0, 0.1) is 10.1 Å². The molecular formula is C16H14N6O4. The molecule has 26 heavy (non-hydrogen) atoms. The Kier molecular flexibility index (Phi) is 4.83. The van der Waals surface area contributed by atoms with Crippen LogP contribution in [-0.4, -0.2) is 37.7 Å². The third-order valence-corrected chi connectivity index (χ3v) is 3.58. The number of aromatic nitrogens is 4. The number of benzene rings is 1. The minimum Gasteiger partial charge on any atom is -0.496 e. The molecule has 3 rings (SSSR count). The maximum absolute atomic E-state index is 12.5. The zero-order valence-corrected chi connectivity index (χ0v) is 13.7. The Morgan fingerprint density at radius 3 is 2.92 bits per heavy atom. The van der Waals surface area contributed by atoms with Crippen LogP contribution in [0.1, 0.15) is 15.9 Å². The Morgan fingerprint density at radius 1 is 1.38 bits per heavy atom. The van der Waals surface area contributed by atoms with Crippen LogP contribution in [-0.2, 0) is 6.54 Å². The van der Waals surface area contributed by atoms with E-state index in [-0.39, 0.29) is 23.5 Å². The molecule has 0 radical (unpaired) electrons. The number of carbonyl (C=O) groups excluding carboxylic acids is 1. The highest BCUT2D eigenvalue weighted by molar-refractivity contribution is 5.97. The molecule has 2 aromatic heterocycles. The highest BCUT2D eigenvalue weighted by Gasteiger charge is 2.18. The molecule has 0 aliphatic heterocycles. The molecule has 0 saturated carbocycles. The first kappa shape index (κ1) is 17.0. The van der Waals surface area contributed by atoms with Gasteiger partial charge in [0.2, 0.25) is 0 Å². The summed E-state index contributed by atoms with van der Waals surface area (Å²) in [6.07, 6.45) is 4.48. The van der Waals surface area contributed by atoms with Gasteiger partial charge in [-0.1, -0.05) is 6.07 Å². The SMILES string of the molecule is COc1ccc([N+](=O)[O-])cc1C(=O)NCc1cccnc1-n1cncn1. The molecule has 1 N–H and O–H groups in total. The fourth-order valence-corrected chi connectivity index (χ4v) is 2.35. The Hall–Kier alpha value is -3.82. The molecule has 0 aliphatic carbocycles. The van der Waals surface area contributed by atoms with E-state index >= 15 is 0 Å². The highest BCUT2D eigenvalue weighted by Crippen LogP contribution is 2.24. The number of nitro benzene ring substituents is 1. The van der Waals surface area contributed by atoms with E-state index in [9.17, 15) is 14.9 Å². The largest absolute Gasteiger partial charge is 0.496 e. The van der Waals surface area contributed by atoms with Crippen LogP contribution in [0.3, 0.4) is 0 Å². The Bertz CT molecular complexity index is 942. The third-order valence-electron chi connectivity index (χ3n) is 3.58. The first-order valence-electron chi connectivity index (χ1n) is 7.49. The van der Waals surface area contributed by atoms with E-state index in [4.69, 9.17) is 4.74 Å². The van der Waals surface area contributed by atoms with E-state index < -0.39 is 10.8 Å². The van der Waals surface area contributed by atoms with Gasteiger partial charge >= 0.3 is 0 Å². The standard InChI is InChI=1S/C16H14N6O4/c1-26-14-5-4-12(22(24)25)7-13(14)16(23)19-8-11-3-2-6-18-15(11)21-10-17-9-20-21/h2-7,9-10H,8H2,1H3,(H,19,23). The number of hydrogen-bond donors (Lipinski definition) is 1. The molecule has 0 fully saturated rings. The van der Waals surface area contributed by atoms with Crippen molar-refractivity contribution in [1.29, 1.82) is 0 Å². The van der Waals surface area contributed by atoms with Gasteiger partial charge in [-0.2, -0.15) is 5.10 Å². The number of non-ortho nitro benzene ring substituents is 1. The van der Waals surface area contributed by atoms with Crippen LogP contribution >= 0.6 is 0 Å². The monoisotopic (exact) mass is 354 g/mol. The first-order valence-corrected chi connectivity index (χ1v) is 7.49. The summed E-state index contributed by atoms with van der Waals surface area (Å²) < 4.78 is 6.60. The lowest BCUT2D eigenvalue weighted by Crippen LogP contribution is -2.24. The average molecular weight is 354 g/mol. The summed E-state index contributed by atoms with van der Waals surface area (Å²) in [5.41, 5.74) is 0.587. The molecule has 0 atom stereocenters. The van der Waals surface area contributed by atoms with Crippen LogP contribution < -0.4 is 10.1 Å². The van der Waals surface area contributed by atoms with Crippen LogP contribution in [0.15, 0.2) is 49.2 Å². The maximum Gasteiger partial charge on any atom is 0.270 e. The number of nitrogens with zero attached hydrogens (tertiary/aromatic N) is 5. The number of hydrogen-bond acceptors (Lipinski definition) is 7. The lowest BCUT2D eigenvalue weighted by atomic mass is 10.1. The van der Waals surface area contributed by atoms with Crippen LogP contribution in [0.25, 0.3) is 5.82 Å². The number of nitro groups is 1. The summed E-state index contributed by atoms with van der Waals surface area (Å²) in [7, 11) is 1.39. The van der Waals surface area contributed by atoms with Gasteiger partial charge in [0.25, 0.3) is 11.6 Å². The van der Waals surface area contributed by atoms with Crippen molar-refractivity contribution in [2.45, 2.75) is 6.54 Å². The van der Waals surface area contributed by atoms with Gasteiger partial charge < -0.3 is 10.1 Å². The van der Waals surface area contributed by atoms with Crippen molar-refractivity contribution in [3.63, 3.8) is 0 Å². The lowest BCUT2D eigenvalue weighted by molar-refractivity contribution is -0.384. The van der Waals surface area contributed by atoms with Crippen molar-refractivity contribution in [2.24, 2.45) is 0 Å². The molecule has 0 spiro atoms. The van der Waals surface area contributed by atoms with E-state index in [0.717, 1.165) is 0 Å². The average Bonchev–Trinajstić information content (AvgIpc) is 3.20. The molecular weight excluding hydrogens is 340 g/mol. The number of methoxy groups -OCH3 is 1. The van der Waals surface area contributed by atoms with Crippen LogP contribution in [0.2, 0.25) is 0 Å². The molecule has 0 aliphatic rings. The summed E-state index contributed by atoms with van der Waals surface area (Å²) >= 11 is 0. The Labute approximate surface area is 147 Å². The summed E-state index contributed by atoms with van der Waals surface area (Å²) in [6, 6.07) is 7.36. The van der Waals surface area contributed by atoms with Gasteiger partial charge in [-0.3, -0.25) is 14.9 Å². The third kappa shape index (κ3) is 3.48. The first-order chi connectivity index (χ1) is 12.6. The van der Waals surface area contributed by atoms with E-state index in [1.165, 1.54) is 42.6 Å². The molecule has 0 bridgehead atoms. The zero-order chi connectivity index (χ0) is 18.5. The van der Waals surface area contributed by atoms with Gasteiger partial charge in [0.05, 0.1) is 17.6 Å². The van der Waals surface area contributed by atoms with E-state index in [2.05, 4.69) is 20.4 Å². The number of pyridine rings is 1. The van der Waals surface area contributed by atoms with Crippen molar-refractivity contribution < 1.29 is 14.5 Å². The molecule has 1 aromatic carbocycles. The molecule has 10 heteroatoms. The van der Waals surface area contributed by atoms with E-state index in [1.807, 2.05) is 0 Å². The number of amides is 1. The topological polar surface area (TPSA) is 125 Å². The van der Waals surface area contributed by atoms with Gasteiger partial charge in [-0.15, -0.1) is 0 Å². The van der Waals surface area contributed by atoms with Gasteiger partial charge in [0, 0.05) is 30.4 Å². The maximum atomic E-state index is 12.5. The lowest BCUT2D eigenvalue weighted by Gasteiger charge is -2.11. The van der Waals surface area contributed by atoms with Gasteiger partial charge in [0.1, 0.15) is 18.4 Å². The minimum absolute atomic E-state index is 0.0768. The summed E-state index contributed by atoms with van der Waals surface area (Å²) in [4.78, 5) is 31.0. The van der Waals surface area contributed by atoms with E-state index in [0.29, 0.717) is 11.4 Å². The second-order valence-corrected chi connectivity index (χ2v) is 5.15. The van der Waals surface area contributed by atoms with Gasteiger partial charge in [0.15, 0.2) is 5.82 Å². The van der Waals surface area contributed by atoms with Crippen LogP contribution in [0.5, 0.6) is 5.75 Å². The number of carbonyl (C=O) groups is 1. The quantitative estimate of drug-likeness (QED) is 0.525. The second-order valence-electron chi connectivity index (χ2n) is 5.15.